The molecule has 1 rings (SSSR count). The molecule has 0 heterocycles. The topological polar surface area (TPSA) is 66.4 Å². The van der Waals surface area contributed by atoms with Crippen molar-refractivity contribution in [1.82, 2.24) is 5.32 Å². The average Bonchev–Trinajstić information content (AvgIpc) is 2.35. The maximum atomic E-state index is 11.8. The summed E-state index contributed by atoms with van der Waals surface area (Å²) in [4.78, 5) is 22.1. The van der Waals surface area contributed by atoms with Crippen molar-refractivity contribution in [3.05, 3.63) is 47.7 Å². The zero-order chi connectivity index (χ0) is 13.4. The Labute approximate surface area is 106 Å². The highest BCUT2D eigenvalue weighted by Gasteiger charge is 2.02. The number of hydrogen-bond donors (Lipinski definition) is 2. The van der Waals surface area contributed by atoms with Crippen molar-refractivity contribution in [2.24, 2.45) is 0 Å². The Hall–Kier alpha value is -2.10. The first-order valence-corrected chi connectivity index (χ1v) is 5.83. The van der Waals surface area contributed by atoms with Crippen LogP contribution in [0.5, 0.6) is 0 Å². The summed E-state index contributed by atoms with van der Waals surface area (Å²) in [5.41, 5.74) is 1.39. The molecule has 0 fully saturated rings. The summed E-state index contributed by atoms with van der Waals surface area (Å²) in [6.07, 6.45) is 2.20. The van der Waals surface area contributed by atoms with Gasteiger partial charge in [0.05, 0.1) is 0 Å². The highest BCUT2D eigenvalue weighted by molar-refractivity contribution is 6.04. The molecule has 0 aliphatic heterocycles. The Morgan fingerprint density at radius 1 is 1.28 bits per heavy atom. The Morgan fingerprint density at radius 2 is 1.94 bits per heavy atom. The van der Waals surface area contributed by atoms with E-state index < -0.39 is 5.97 Å². The molecule has 1 aromatic carbocycles. The lowest BCUT2D eigenvalue weighted by Gasteiger charge is -2.05. The van der Waals surface area contributed by atoms with Crippen LogP contribution in [0.15, 0.2) is 42.1 Å². The summed E-state index contributed by atoms with van der Waals surface area (Å²) in [6.45, 7) is 2.35. The predicted octanol–water partition coefficient (Wildman–Crippen LogP) is 2.23. The first kappa shape index (κ1) is 14.0. The van der Waals surface area contributed by atoms with Crippen molar-refractivity contribution < 1.29 is 14.7 Å². The summed E-state index contributed by atoms with van der Waals surface area (Å²) < 4.78 is 0. The Bertz CT molecular complexity index is 438. The van der Waals surface area contributed by atoms with E-state index in [1.54, 1.807) is 19.1 Å². The van der Waals surface area contributed by atoms with Gasteiger partial charge in [-0.15, -0.1) is 0 Å². The number of allylic oxidation sites excluding steroid dienone is 2. The molecular formula is C14H17NO3. The fourth-order valence-electron chi connectivity index (χ4n) is 1.46. The molecule has 18 heavy (non-hydrogen) atoms. The monoisotopic (exact) mass is 247 g/mol. The lowest BCUT2D eigenvalue weighted by molar-refractivity contribution is -0.137. The van der Waals surface area contributed by atoms with E-state index in [1.807, 2.05) is 18.2 Å². The summed E-state index contributed by atoms with van der Waals surface area (Å²) >= 11 is 0. The molecule has 0 spiro atoms. The highest BCUT2D eigenvalue weighted by atomic mass is 16.4. The van der Waals surface area contributed by atoms with Gasteiger partial charge in [-0.3, -0.25) is 9.59 Å². The minimum absolute atomic E-state index is 0.0566. The molecule has 1 aromatic rings. The molecule has 96 valence electrons. The summed E-state index contributed by atoms with van der Waals surface area (Å²) in [6, 6.07) is 9.01. The van der Waals surface area contributed by atoms with Gasteiger partial charge in [0.25, 0.3) is 0 Å². The average molecular weight is 247 g/mol. The van der Waals surface area contributed by atoms with Crippen molar-refractivity contribution in [3.63, 3.8) is 0 Å². The number of carbonyl (C=O) groups is 2. The summed E-state index contributed by atoms with van der Waals surface area (Å²) in [5.74, 6) is -0.863. The van der Waals surface area contributed by atoms with Gasteiger partial charge in [0.15, 0.2) is 5.78 Å². The lowest BCUT2D eigenvalue weighted by Crippen LogP contribution is -2.15. The molecule has 0 unspecified atom stereocenters. The van der Waals surface area contributed by atoms with E-state index in [2.05, 4.69) is 5.32 Å². The SMILES string of the molecule is CC(=CC(=O)c1ccccc1)NCCCC(=O)O. The zero-order valence-corrected chi connectivity index (χ0v) is 10.3. The number of ketones is 1. The number of benzene rings is 1. The van der Waals surface area contributed by atoms with Gasteiger partial charge < -0.3 is 10.4 Å². The van der Waals surface area contributed by atoms with E-state index in [0.29, 0.717) is 18.5 Å². The normalized spacial score (nSPS) is 11.1. The third-order valence-electron chi connectivity index (χ3n) is 2.38. The zero-order valence-electron chi connectivity index (χ0n) is 10.3. The van der Waals surface area contributed by atoms with E-state index >= 15 is 0 Å². The third-order valence-corrected chi connectivity index (χ3v) is 2.38. The van der Waals surface area contributed by atoms with Gasteiger partial charge in [-0.05, 0) is 13.3 Å². The maximum absolute atomic E-state index is 11.8. The first-order chi connectivity index (χ1) is 8.59. The molecule has 0 aliphatic carbocycles. The van der Waals surface area contributed by atoms with Crippen LogP contribution in [0.3, 0.4) is 0 Å². The van der Waals surface area contributed by atoms with E-state index in [0.717, 1.165) is 5.70 Å². The molecule has 0 saturated carbocycles. The van der Waals surface area contributed by atoms with Gasteiger partial charge in [0, 0.05) is 30.3 Å². The van der Waals surface area contributed by atoms with Crippen LogP contribution in [0.1, 0.15) is 30.1 Å². The molecule has 0 radical (unpaired) electrons. The van der Waals surface area contributed by atoms with Gasteiger partial charge in [-0.1, -0.05) is 30.3 Å². The lowest BCUT2D eigenvalue weighted by atomic mass is 10.1. The quantitative estimate of drug-likeness (QED) is 0.440. The Balaban J connectivity index is 2.41. The van der Waals surface area contributed by atoms with Gasteiger partial charge >= 0.3 is 5.97 Å². The van der Waals surface area contributed by atoms with Crippen molar-refractivity contribution in [2.45, 2.75) is 19.8 Å². The molecule has 0 saturated heterocycles. The second-order valence-electron chi connectivity index (χ2n) is 3.98. The number of rotatable bonds is 7. The van der Waals surface area contributed by atoms with E-state index in [4.69, 9.17) is 5.11 Å². The van der Waals surface area contributed by atoms with Crippen LogP contribution in [0.4, 0.5) is 0 Å². The van der Waals surface area contributed by atoms with E-state index in [9.17, 15) is 9.59 Å². The van der Waals surface area contributed by atoms with Gasteiger partial charge in [-0.25, -0.2) is 0 Å². The molecule has 0 aromatic heterocycles. The number of aliphatic carboxylic acids is 1. The van der Waals surface area contributed by atoms with E-state index in [1.165, 1.54) is 6.08 Å². The third kappa shape index (κ3) is 5.30. The number of nitrogens with one attached hydrogen (secondary N) is 1. The standard InChI is InChI=1S/C14H17NO3/c1-11(15-9-5-8-14(17)18)10-13(16)12-6-3-2-4-7-12/h2-4,6-7,10,15H,5,8-9H2,1H3,(H,17,18). The Morgan fingerprint density at radius 3 is 2.56 bits per heavy atom. The van der Waals surface area contributed by atoms with Gasteiger partial charge in [-0.2, -0.15) is 0 Å². The van der Waals surface area contributed by atoms with Crippen LogP contribution >= 0.6 is 0 Å². The fourth-order valence-corrected chi connectivity index (χ4v) is 1.46. The minimum Gasteiger partial charge on any atom is -0.481 e. The summed E-state index contributed by atoms with van der Waals surface area (Å²) in [5, 5.41) is 11.5. The smallest absolute Gasteiger partial charge is 0.303 e. The molecule has 4 heteroatoms. The molecule has 0 aliphatic rings. The van der Waals surface area contributed by atoms with Crippen LogP contribution in [0, 0.1) is 0 Å². The maximum Gasteiger partial charge on any atom is 0.303 e. The number of hydrogen-bond acceptors (Lipinski definition) is 3. The van der Waals surface area contributed by atoms with Gasteiger partial charge in [0.2, 0.25) is 0 Å². The van der Waals surface area contributed by atoms with Crippen LogP contribution in [0.2, 0.25) is 0 Å². The molecule has 0 bridgehead atoms. The van der Waals surface area contributed by atoms with E-state index in [-0.39, 0.29) is 12.2 Å². The van der Waals surface area contributed by atoms with Crippen molar-refractivity contribution >= 4 is 11.8 Å². The second kappa shape index (κ2) is 7.27. The van der Waals surface area contributed by atoms with Crippen molar-refractivity contribution in [2.75, 3.05) is 6.54 Å². The Kier molecular flexibility index (Phi) is 5.64. The predicted molar refractivity (Wildman–Crippen MR) is 69.4 cm³/mol. The van der Waals surface area contributed by atoms with Crippen LogP contribution in [-0.2, 0) is 4.79 Å². The minimum atomic E-state index is -0.807. The highest BCUT2D eigenvalue weighted by Crippen LogP contribution is 2.02. The van der Waals surface area contributed by atoms with Crippen molar-refractivity contribution in [1.29, 1.82) is 0 Å². The molecule has 4 nitrogen and oxygen atoms in total. The van der Waals surface area contributed by atoms with Crippen LogP contribution in [0.25, 0.3) is 0 Å². The molecule has 0 atom stereocenters. The first-order valence-electron chi connectivity index (χ1n) is 5.83. The number of carbonyl (C=O) groups excluding carboxylic acids is 1. The second-order valence-corrected chi connectivity index (χ2v) is 3.98. The molecular weight excluding hydrogens is 230 g/mol. The van der Waals surface area contributed by atoms with Gasteiger partial charge in [0.1, 0.15) is 0 Å². The fraction of sp³-hybridized carbons (Fsp3) is 0.286. The number of carboxylic acid groups (broad SMARTS) is 1. The summed E-state index contributed by atoms with van der Waals surface area (Å²) in [7, 11) is 0. The van der Waals surface area contributed by atoms with Crippen molar-refractivity contribution in [3.8, 4) is 0 Å². The largest absolute Gasteiger partial charge is 0.481 e. The van der Waals surface area contributed by atoms with Crippen LogP contribution in [-0.4, -0.2) is 23.4 Å². The molecule has 0 amide bonds. The molecule has 2 N–H and O–H groups in total. The number of carboxylic acids is 1. The van der Waals surface area contributed by atoms with Crippen LogP contribution < -0.4 is 5.32 Å².